The topological polar surface area (TPSA) is 111 Å². The van der Waals surface area contributed by atoms with Crippen molar-refractivity contribution in [2.45, 2.75) is 26.7 Å². The molecule has 2 aliphatic heterocycles. The number of fused-ring (bicyclic) bond motifs is 1. The van der Waals surface area contributed by atoms with Crippen molar-refractivity contribution < 1.29 is 24.0 Å². The quantitative estimate of drug-likeness (QED) is 0.439. The number of non-ortho nitro benzene ring substituents is 1. The number of rotatable bonds is 6. The van der Waals surface area contributed by atoms with E-state index < -0.39 is 22.8 Å². The fourth-order valence-electron chi connectivity index (χ4n) is 3.75. The van der Waals surface area contributed by atoms with Gasteiger partial charge in [-0.25, -0.2) is 9.59 Å². The van der Waals surface area contributed by atoms with Gasteiger partial charge in [-0.2, -0.15) is 0 Å². The summed E-state index contributed by atoms with van der Waals surface area (Å²) in [4.78, 5) is 38.5. The Bertz CT molecular complexity index is 921. The van der Waals surface area contributed by atoms with E-state index in [1.54, 1.807) is 26.8 Å². The molecule has 0 aromatic heterocycles. The van der Waals surface area contributed by atoms with Crippen LogP contribution in [0.5, 0.6) is 0 Å². The normalized spacial score (nSPS) is 18.3. The lowest BCUT2D eigenvalue weighted by atomic mass is 9.80. The SMILES string of the molecule is CCOC(=O)C1=C(C)N2CCNC2=C(C(=O)OCC)C1c1cccc([N+](=O)[O-])c1. The van der Waals surface area contributed by atoms with E-state index in [-0.39, 0.29) is 30.0 Å². The first-order valence-corrected chi connectivity index (χ1v) is 9.45. The van der Waals surface area contributed by atoms with Crippen molar-refractivity contribution in [3.8, 4) is 0 Å². The molecule has 1 N–H and O–H groups in total. The van der Waals surface area contributed by atoms with E-state index >= 15 is 0 Å². The minimum Gasteiger partial charge on any atom is -0.463 e. The van der Waals surface area contributed by atoms with Crippen LogP contribution in [0, 0.1) is 10.1 Å². The molecule has 0 bridgehead atoms. The lowest BCUT2D eigenvalue weighted by Gasteiger charge is -2.34. The first-order chi connectivity index (χ1) is 13.9. The molecular weight excluding hydrogens is 378 g/mol. The van der Waals surface area contributed by atoms with Gasteiger partial charge in [0.15, 0.2) is 0 Å². The van der Waals surface area contributed by atoms with E-state index in [9.17, 15) is 19.7 Å². The number of hydrogen-bond acceptors (Lipinski definition) is 8. The number of benzene rings is 1. The van der Waals surface area contributed by atoms with Crippen LogP contribution in [-0.2, 0) is 19.1 Å². The van der Waals surface area contributed by atoms with Crippen molar-refractivity contribution in [2.24, 2.45) is 0 Å². The summed E-state index contributed by atoms with van der Waals surface area (Å²) in [6, 6.07) is 5.94. The van der Waals surface area contributed by atoms with Gasteiger partial charge in [0, 0.05) is 30.9 Å². The van der Waals surface area contributed by atoms with Gasteiger partial charge < -0.3 is 19.7 Å². The van der Waals surface area contributed by atoms with Crippen LogP contribution in [0.25, 0.3) is 0 Å². The summed E-state index contributed by atoms with van der Waals surface area (Å²) in [5.41, 5.74) is 1.50. The van der Waals surface area contributed by atoms with Crippen LogP contribution >= 0.6 is 0 Å². The van der Waals surface area contributed by atoms with Crippen molar-refractivity contribution in [1.82, 2.24) is 10.2 Å². The molecule has 9 nitrogen and oxygen atoms in total. The molecule has 29 heavy (non-hydrogen) atoms. The van der Waals surface area contributed by atoms with E-state index in [4.69, 9.17) is 9.47 Å². The number of ether oxygens (including phenoxy) is 2. The Morgan fingerprint density at radius 2 is 1.86 bits per heavy atom. The molecule has 1 aromatic carbocycles. The van der Waals surface area contributed by atoms with Gasteiger partial charge >= 0.3 is 11.9 Å². The van der Waals surface area contributed by atoms with E-state index in [2.05, 4.69) is 5.32 Å². The molecule has 2 aliphatic rings. The predicted octanol–water partition coefficient (Wildman–Crippen LogP) is 2.21. The number of hydrogen-bond donors (Lipinski definition) is 1. The second kappa shape index (κ2) is 8.34. The number of nitrogens with zero attached hydrogens (tertiary/aromatic N) is 2. The summed E-state index contributed by atoms with van der Waals surface area (Å²) in [5, 5.41) is 14.5. The highest BCUT2D eigenvalue weighted by molar-refractivity contribution is 6.00. The van der Waals surface area contributed by atoms with Crippen LogP contribution in [0.2, 0.25) is 0 Å². The zero-order valence-electron chi connectivity index (χ0n) is 16.6. The van der Waals surface area contributed by atoms with E-state index in [1.807, 2.05) is 4.90 Å². The summed E-state index contributed by atoms with van der Waals surface area (Å²) in [6.45, 7) is 6.68. The van der Waals surface area contributed by atoms with Gasteiger partial charge in [-0.1, -0.05) is 12.1 Å². The minimum absolute atomic E-state index is 0.126. The summed E-state index contributed by atoms with van der Waals surface area (Å²) in [6.07, 6.45) is 0. The van der Waals surface area contributed by atoms with Crippen LogP contribution in [0.1, 0.15) is 32.3 Å². The molecule has 1 aromatic rings. The van der Waals surface area contributed by atoms with Crippen LogP contribution < -0.4 is 5.32 Å². The third-order valence-corrected chi connectivity index (χ3v) is 4.93. The second-order valence-electron chi connectivity index (χ2n) is 6.57. The number of nitrogens with one attached hydrogen (secondary N) is 1. The Labute approximate surface area is 168 Å². The van der Waals surface area contributed by atoms with Crippen molar-refractivity contribution in [1.29, 1.82) is 0 Å². The van der Waals surface area contributed by atoms with Crippen molar-refractivity contribution in [3.05, 3.63) is 62.6 Å². The number of nitro groups is 1. The molecule has 0 saturated carbocycles. The molecule has 2 heterocycles. The number of carbonyl (C=O) groups excluding carboxylic acids is 2. The van der Waals surface area contributed by atoms with Gasteiger partial charge in [-0.15, -0.1) is 0 Å². The molecule has 0 amide bonds. The Morgan fingerprint density at radius 1 is 1.21 bits per heavy atom. The molecule has 0 aliphatic carbocycles. The molecule has 1 saturated heterocycles. The summed E-state index contributed by atoms with van der Waals surface area (Å²) < 4.78 is 10.5. The highest BCUT2D eigenvalue weighted by Gasteiger charge is 2.43. The zero-order valence-corrected chi connectivity index (χ0v) is 16.6. The van der Waals surface area contributed by atoms with Gasteiger partial charge in [0.2, 0.25) is 0 Å². The first-order valence-electron chi connectivity index (χ1n) is 9.45. The third kappa shape index (κ3) is 3.67. The fraction of sp³-hybridized carbons (Fsp3) is 0.400. The lowest BCUT2D eigenvalue weighted by Crippen LogP contribution is -2.35. The molecule has 0 spiro atoms. The molecule has 154 valence electrons. The van der Waals surface area contributed by atoms with E-state index in [0.29, 0.717) is 30.2 Å². The lowest BCUT2D eigenvalue weighted by molar-refractivity contribution is -0.384. The molecule has 1 unspecified atom stereocenters. The van der Waals surface area contributed by atoms with Crippen molar-refractivity contribution >= 4 is 17.6 Å². The molecule has 1 fully saturated rings. The Hall–Kier alpha value is -3.36. The summed E-state index contributed by atoms with van der Waals surface area (Å²) in [5.74, 6) is -1.42. The zero-order chi connectivity index (χ0) is 21.1. The van der Waals surface area contributed by atoms with Crippen LogP contribution in [0.4, 0.5) is 5.69 Å². The second-order valence-corrected chi connectivity index (χ2v) is 6.57. The van der Waals surface area contributed by atoms with Gasteiger partial charge in [0.1, 0.15) is 5.82 Å². The maximum absolute atomic E-state index is 12.9. The van der Waals surface area contributed by atoms with E-state index in [0.717, 1.165) is 0 Å². The van der Waals surface area contributed by atoms with Gasteiger partial charge in [-0.3, -0.25) is 10.1 Å². The number of carbonyl (C=O) groups is 2. The maximum Gasteiger partial charge on any atom is 0.338 e. The maximum atomic E-state index is 12.9. The highest BCUT2D eigenvalue weighted by atomic mass is 16.6. The highest BCUT2D eigenvalue weighted by Crippen LogP contribution is 2.43. The number of nitro benzene ring substituents is 1. The molecule has 0 radical (unpaired) electrons. The number of esters is 2. The van der Waals surface area contributed by atoms with Crippen LogP contribution in [-0.4, -0.2) is 48.1 Å². The summed E-state index contributed by atoms with van der Waals surface area (Å²) in [7, 11) is 0. The smallest absolute Gasteiger partial charge is 0.338 e. The van der Waals surface area contributed by atoms with Gasteiger partial charge in [0.25, 0.3) is 5.69 Å². The Morgan fingerprint density at radius 3 is 2.48 bits per heavy atom. The minimum atomic E-state index is -0.843. The van der Waals surface area contributed by atoms with E-state index in [1.165, 1.54) is 18.2 Å². The molecule has 1 atom stereocenters. The predicted molar refractivity (Wildman–Crippen MR) is 104 cm³/mol. The Balaban J connectivity index is 2.25. The molecule has 3 rings (SSSR count). The standard InChI is InChI=1S/C20H23N3O6/c1-4-28-19(24)15-12(3)22-10-9-21-18(22)17(20(25)29-5-2)16(15)13-7-6-8-14(11-13)23(26)27/h6-8,11,16,21H,4-5,9-10H2,1-3H3. The average Bonchev–Trinajstić information content (AvgIpc) is 3.18. The number of allylic oxidation sites excluding steroid dienone is 1. The average molecular weight is 401 g/mol. The van der Waals surface area contributed by atoms with Crippen LogP contribution in [0.15, 0.2) is 46.9 Å². The first kappa shape index (κ1) is 20.4. The molecule has 9 heteroatoms. The summed E-state index contributed by atoms with van der Waals surface area (Å²) >= 11 is 0. The van der Waals surface area contributed by atoms with Gasteiger partial charge in [-0.05, 0) is 26.3 Å². The molecular formula is C20H23N3O6. The third-order valence-electron chi connectivity index (χ3n) is 4.93. The monoisotopic (exact) mass is 401 g/mol. The van der Waals surface area contributed by atoms with Crippen molar-refractivity contribution in [3.63, 3.8) is 0 Å². The Kier molecular flexibility index (Phi) is 5.86. The van der Waals surface area contributed by atoms with Crippen molar-refractivity contribution in [2.75, 3.05) is 26.3 Å². The fourth-order valence-corrected chi connectivity index (χ4v) is 3.75. The van der Waals surface area contributed by atoms with Gasteiger partial charge in [0.05, 0.1) is 35.2 Å². The largest absolute Gasteiger partial charge is 0.463 e. The van der Waals surface area contributed by atoms with Crippen LogP contribution in [0.3, 0.4) is 0 Å².